The van der Waals surface area contributed by atoms with Crippen LogP contribution < -0.4 is 15.5 Å². The number of nitrogens with one attached hydrogen (secondary N) is 2. The summed E-state index contributed by atoms with van der Waals surface area (Å²) in [6.07, 6.45) is 0.388. The zero-order valence-corrected chi connectivity index (χ0v) is 36.8. The van der Waals surface area contributed by atoms with Crippen LogP contribution in [0.1, 0.15) is 110 Å². The van der Waals surface area contributed by atoms with Crippen LogP contribution in [0.25, 0.3) is 16.6 Å². The maximum Gasteiger partial charge on any atom is 0.411 e. The number of alkyl halides is 6. The van der Waals surface area contributed by atoms with Crippen molar-refractivity contribution in [1.82, 2.24) is 44.4 Å². The fourth-order valence-electron chi connectivity index (χ4n) is 10.0. The minimum Gasteiger partial charge on any atom is -0.377 e. The Morgan fingerprint density at radius 2 is 1.82 bits per heavy atom. The minimum absolute atomic E-state index is 0.0376. The Hall–Kier alpha value is -6.05. The molecular weight excluding hydrogens is 901 g/mol. The lowest BCUT2D eigenvalue weighted by Crippen LogP contribution is -2.54. The molecular formula is C46H49F6N11O5. The fourth-order valence-corrected chi connectivity index (χ4v) is 10.0. The Labute approximate surface area is 385 Å². The Balaban J connectivity index is 0.718. The van der Waals surface area contributed by atoms with E-state index in [1.165, 1.54) is 33.9 Å². The van der Waals surface area contributed by atoms with Gasteiger partial charge in [-0.25, -0.2) is 22.7 Å². The summed E-state index contributed by atoms with van der Waals surface area (Å²) in [7, 11) is 0. The van der Waals surface area contributed by atoms with Gasteiger partial charge in [0.2, 0.25) is 11.8 Å². The van der Waals surface area contributed by atoms with Gasteiger partial charge in [-0.2, -0.15) is 28.5 Å². The molecule has 3 saturated heterocycles. The van der Waals surface area contributed by atoms with Gasteiger partial charge < -0.3 is 19.7 Å². The van der Waals surface area contributed by atoms with Gasteiger partial charge in [0.05, 0.1) is 66.0 Å². The van der Waals surface area contributed by atoms with Gasteiger partial charge in [0.15, 0.2) is 11.3 Å². The second-order valence-electron chi connectivity index (χ2n) is 18.3. The second kappa shape index (κ2) is 18.8. The average molecular weight is 950 g/mol. The van der Waals surface area contributed by atoms with Crippen LogP contribution in [0.4, 0.5) is 37.8 Å². The van der Waals surface area contributed by atoms with Crippen LogP contribution in [0.15, 0.2) is 42.9 Å². The Morgan fingerprint density at radius 3 is 2.57 bits per heavy atom. The first-order valence-corrected chi connectivity index (χ1v) is 23.0. The number of likely N-dealkylation sites (tertiary alicyclic amines) is 1. The summed E-state index contributed by atoms with van der Waals surface area (Å²) in [6, 6.07) is 5.13. The molecule has 5 fully saturated rings. The highest BCUT2D eigenvalue weighted by Gasteiger charge is 2.46. The highest BCUT2D eigenvalue weighted by Crippen LogP contribution is 2.41. The van der Waals surface area contributed by atoms with Gasteiger partial charge in [0.1, 0.15) is 30.2 Å². The largest absolute Gasteiger partial charge is 0.411 e. The van der Waals surface area contributed by atoms with Gasteiger partial charge in [-0.15, -0.1) is 0 Å². The van der Waals surface area contributed by atoms with Crippen molar-refractivity contribution in [3.05, 3.63) is 65.4 Å². The number of carbonyl (C=O) groups excluding carboxylic acids is 3. The molecule has 5 aliphatic rings. The number of ether oxygens (including phenoxy) is 2. The van der Waals surface area contributed by atoms with Crippen molar-refractivity contribution in [2.45, 2.75) is 107 Å². The van der Waals surface area contributed by atoms with Crippen LogP contribution in [0.2, 0.25) is 0 Å². The molecule has 2 saturated carbocycles. The highest BCUT2D eigenvalue weighted by atomic mass is 19.4. The van der Waals surface area contributed by atoms with E-state index in [1.807, 2.05) is 22.9 Å². The molecule has 22 heteroatoms. The molecule has 0 bridgehead atoms. The molecule has 0 spiro atoms. The maximum atomic E-state index is 15.6. The Morgan fingerprint density at radius 1 is 1.01 bits per heavy atom. The predicted octanol–water partition coefficient (Wildman–Crippen LogP) is 6.30. The van der Waals surface area contributed by atoms with Gasteiger partial charge in [0.25, 0.3) is 12.3 Å². The predicted molar refractivity (Wildman–Crippen MR) is 233 cm³/mol. The molecule has 360 valence electrons. The molecule has 4 aromatic heterocycles. The van der Waals surface area contributed by atoms with E-state index < -0.39 is 55.0 Å². The van der Waals surface area contributed by atoms with Crippen molar-refractivity contribution < 1.29 is 50.2 Å². The van der Waals surface area contributed by atoms with Crippen LogP contribution in [0.3, 0.4) is 0 Å². The molecule has 10 rings (SSSR count). The van der Waals surface area contributed by atoms with E-state index in [0.29, 0.717) is 44.5 Å². The normalized spacial score (nSPS) is 25.2. The summed E-state index contributed by atoms with van der Waals surface area (Å²) >= 11 is 0. The van der Waals surface area contributed by atoms with E-state index >= 15 is 4.39 Å². The molecule has 3 amide bonds. The van der Waals surface area contributed by atoms with Crippen molar-refractivity contribution >= 4 is 45.8 Å². The minimum atomic E-state index is -4.59. The van der Waals surface area contributed by atoms with E-state index in [-0.39, 0.29) is 85.3 Å². The topological polar surface area (TPSA) is 166 Å². The van der Waals surface area contributed by atoms with Crippen molar-refractivity contribution in [2.75, 3.05) is 56.2 Å². The molecule has 1 aromatic carbocycles. The second-order valence-corrected chi connectivity index (χ2v) is 18.3. The number of piperidine rings is 2. The Kier molecular flexibility index (Phi) is 12.6. The molecule has 4 atom stereocenters. The van der Waals surface area contributed by atoms with Crippen LogP contribution in [-0.4, -0.2) is 127 Å². The quantitative estimate of drug-likeness (QED) is 0.0868. The molecule has 68 heavy (non-hydrogen) atoms. The lowest BCUT2D eigenvalue weighted by Gasteiger charge is -2.38. The number of morpholine rings is 1. The lowest BCUT2D eigenvalue weighted by atomic mass is 9.85. The number of para-hydroxylation sites is 1. The SMILES string of the molecule is O=C1CCC(c2nn(C3CC3)c3c(C#CCO[C@@H]4CCN(CC5CCC(n6cc(NC(=O)c7cnn8ccc(N9CCOCC9C(F)(F)F)nc78)c(C(F)F)n6)CC5)C[C@@H]4F)cccc23)C(=O)N1. The maximum absolute atomic E-state index is 15.6. The smallest absolute Gasteiger partial charge is 0.377 e. The molecule has 16 nitrogen and oxygen atoms in total. The van der Waals surface area contributed by atoms with Crippen molar-refractivity contribution in [3.63, 3.8) is 0 Å². The summed E-state index contributed by atoms with van der Waals surface area (Å²) in [5, 5.41) is 18.9. The zero-order chi connectivity index (χ0) is 47.3. The third-order valence-corrected chi connectivity index (χ3v) is 13.7. The molecule has 7 heterocycles. The first kappa shape index (κ1) is 45.7. The number of hydrogen-bond donors (Lipinski definition) is 2. The summed E-state index contributed by atoms with van der Waals surface area (Å²) in [5.74, 6) is 4.52. The molecule has 0 radical (unpaired) electrons. The Bertz CT molecular complexity index is 2770. The summed E-state index contributed by atoms with van der Waals surface area (Å²) < 4.78 is 101. The van der Waals surface area contributed by atoms with E-state index in [2.05, 4.69) is 42.6 Å². The number of amides is 3. The van der Waals surface area contributed by atoms with Gasteiger partial charge in [-0.05, 0) is 69.4 Å². The summed E-state index contributed by atoms with van der Waals surface area (Å²) in [6.45, 7) is 0.973. The van der Waals surface area contributed by atoms with E-state index in [9.17, 15) is 36.3 Å². The molecule has 5 aromatic rings. The fraction of sp³-hybridized carbons (Fsp3) is 0.543. The van der Waals surface area contributed by atoms with E-state index in [0.717, 1.165) is 47.0 Å². The summed E-state index contributed by atoms with van der Waals surface area (Å²) in [4.78, 5) is 45.5. The number of aromatic nitrogens is 7. The van der Waals surface area contributed by atoms with E-state index in [1.54, 1.807) is 0 Å². The van der Waals surface area contributed by atoms with Gasteiger partial charge >= 0.3 is 6.18 Å². The average Bonchev–Trinajstić information content (AvgIpc) is 3.74. The van der Waals surface area contributed by atoms with Crippen LogP contribution in [0, 0.1) is 17.8 Å². The third kappa shape index (κ3) is 9.39. The standard InChI is InChI=1S/C46H49F6N11O5/c47-33-23-59(16-14-35(33)68-19-2-4-27-3-1-5-30-39(31-12-13-38(64)56-44(31)65)58-63(41(27)30)29-10-11-29)22-26-6-8-28(9-7-26)62-24-34(40(57-62)42(48)49)54-45(66)32-21-53-61-17-15-37(55-43(32)61)60-18-20-67-25-36(60)46(50,51)52/h1,3,5,15,17,21,24,26,28-29,31,33,35-36,42H,6-14,16,18-20,22-23,25H2,(H,54,66)(H,56,64,65)/t26?,28?,31?,33-,35+,36?/m0/s1. The number of imide groups is 1. The number of rotatable bonds is 11. The monoisotopic (exact) mass is 949 g/mol. The van der Waals surface area contributed by atoms with Crippen LogP contribution >= 0.6 is 0 Å². The first-order valence-electron chi connectivity index (χ1n) is 23.0. The van der Waals surface area contributed by atoms with Crippen molar-refractivity contribution in [2.24, 2.45) is 5.92 Å². The van der Waals surface area contributed by atoms with Crippen LogP contribution in [0.5, 0.6) is 0 Å². The number of halogens is 6. The first-order chi connectivity index (χ1) is 32.8. The van der Waals surface area contributed by atoms with Crippen LogP contribution in [-0.2, 0) is 19.1 Å². The zero-order valence-electron chi connectivity index (χ0n) is 36.8. The number of nitrogens with zero attached hydrogens (tertiary/aromatic N) is 9. The molecule has 2 aliphatic carbocycles. The lowest BCUT2D eigenvalue weighted by molar-refractivity contribution is -0.167. The number of hydrogen-bond acceptors (Lipinski definition) is 11. The molecule has 2 N–H and O–H groups in total. The number of fused-ring (bicyclic) bond motifs is 2. The third-order valence-electron chi connectivity index (χ3n) is 13.7. The van der Waals surface area contributed by atoms with Crippen molar-refractivity contribution in [3.8, 4) is 11.8 Å². The van der Waals surface area contributed by atoms with E-state index in [4.69, 9.17) is 14.6 Å². The number of anilines is 2. The number of benzene rings is 1. The molecule has 3 aliphatic heterocycles. The number of carbonyl (C=O) groups is 3. The molecule has 2 unspecified atom stereocenters. The van der Waals surface area contributed by atoms with Gasteiger partial charge in [0, 0.05) is 50.4 Å². The highest BCUT2D eigenvalue weighted by molar-refractivity contribution is 6.08. The van der Waals surface area contributed by atoms with Crippen molar-refractivity contribution in [1.29, 1.82) is 0 Å². The van der Waals surface area contributed by atoms with Gasteiger partial charge in [-0.3, -0.25) is 34.0 Å². The summed E-state index contributed by atoms with van der Waals surface area (Å²) in [5.41, 5.74) is 1.26. The van der Waals surface area contributed by atoms with Gasteiger partial charge in [-0.1, -0.05) is 24.0 Å².